The molecule has 8 nitrogen and oxygen atoms in total. The number of carboxylic acid groups (broad SMARTS) is 1. The number of aliphatic hydroxyl groups is 1. The van der Waals surface area contributed by atoms with Gasteiger partial charge in [-0.15, -0.1) is 0 Å². The number of amides is 1. The lowest BCUT2D eigenvalue weighted by Crippen LogP contribution is -2.54. The minimum atomic E-state index is -1.29. The van der Waals surface area contributed by atoms with Gasteiger partial charge in [-0.05, 0) is 45.7 Å². The van der Waals surface area contributed by atoms with Gasteiger partial charge in [0.15, 0.2) is 6.04 Å². The molecule has 1 heterocycles. The van der Waals surface area contributed by atoms with Crippen LogP contribution in [-0.2, 0) is 9.59 Å². The Morgan fingerprint density at radius 2 is 2.09 bits per heavy atom. The number of nitrogens with one attached hydrogen (secondary N) is 1. The fourth-order valence-corrected chi connectivity index (χ4v) is 2.92. The minimum absolute atomic E-state index is 0.0259. The second kappa shape index (κ2) is 9.82. The van der Waals surface area contributed by atoms with Crippen molar-refractivity contribution < 1.29 is 19.8 Å². The quantitative estimate of drug-likeness (QED) is 0.319. The number of hydrogen-bond acceptors (Lipinski definition) is 6. The molecule has 0 bridgehead atoms. The summed E-state index contributed by atoms with van der Waals surface area (Å²) in [7, 11) is 0. The van der Waals surface area contributed by atoms with Gasteiger partial charge in [-0.3, -0.25) is 9.69 Å². The number of rotatable bonds is 10. The van der Waals surface area contributed by atoms with E-state index in [0.717, 1.165) is 32.2 Å². The lowest BCUT2D eigenvalue weighted by molar-refractivity contribution is -0.145. The number of carboxylic acids is 1. The van der Waals surface area contributed by atoms with E-state index in [0.29, 0.717) is 19.5 Å². The summed E-state index contributed by atoms with van der Waals surface area (Å²) in [6.45, 7) is 3.38. The molecule has 8 heteroatoms. The second-order valence-corrected chi connectivity index (χ2v) is 6.26. The van der Waals surface area contributed by atoms with Crippen LogP contribution in [0.25, 0.3) is 0 Å². The lowest BCUT2D eigenvalue weighted by atomic mass is 10.1. The molecule has 134 valence electrons. The maximum atomic E-state index is 12.3. The van der Waals surface area contributed by atoms with Crippen molar-refractivity contribution in [2.45, 2.75) is 63.3 Å². The predicted octanol–water partition coefficient (Wildman–Crippen LogP) is -1.14. The summed E-state index contributed by atoms with van der Waals surface area (Å²) in [5.41, 5.74) is 11.6. The van der Waals surface area contributed by atoms with Crippen molar-refractivity contribution >= 4 is 11.9 Å². The first kappa shape index (κ1) is 19.8. The Labute approximate surface area is 137 Å². The molecule has 1 rings (SSSR count). The van der Waals surface area contributed by atoms with Gasteiger partial charge in [-0.1, -0.05) is 6.42 Å². The first-order valence-electron chi connectivity index (χ1n) is 8.27. The highest BCUT2D eigenvalue weighted by Gasteiger charge is 2.34. The van der Waals surface area contributed by atoms with Crippen LogP contribution in [0, 0.1) is 0 Å². The third kappa shape index (κ3) is 6.42. The van der Waals surface area contributed by atoms with Crippen LogP contribution >= 0.6 is 0 Å². The van der Waals surface area contributed by atoms with E-state index >= 15 is 0 Å². The fourth-order valence-electron chi connectivity index (χ4n) is 2.92. The van der Waals surface area contributed by atoms with E-state index in [1.165, 1.54) is 6.92 Å². The first-order valence-corrected chi connectivity index (χ1v) is 8.27. The monoisotopic (exact) mass is 330 g/mol. The Balaban J connectivity index is 2.53. The van der Waals surface area contributed by atoms with Crippen molar-refractivity contribution in [1.82, 2.24) is 10.2 Å². The van der Waals surface area contributed by atoms with Gasteiger partial charge in [0.2, 0.25) is 5.91 Å². The summed E-state index contributed by atoms with van der Waals surface area (Å²) in [5, 5.41) is 20.9. The molecule has 23 heavy (non-hydrogen) atoms. The van der Waals surface area contributed by atoms with E-state index in [1.807, 2.05) is 4.90 Å². The molecule has 7 N–H and O–H groups in total. The van der Waals surface area contributed by atoms with E-state index in [-0.39, 0.29) is 18.0 Å². The Kier molecular flexibility index (Phi) is 8.46. The number of unbranched alkanes of at least 4 members (excludes halogenated alkanes) is 1. The van der Waals surface area contributed by atoms with Crippen LogP contribution in [0.2, 0.25) is 0 Å². The summed E-state index contributed by atoms with van der Waals surface area (Å²) < 4.78 is 0. The number of carbonyl (C=O) groups excluding carboxylic acids is 1. The summed E-state index contributed by atoms with van der Waals surface area (Å²) in [6, 6.07) is -1.69. The van der Waals surface area contributed by atoms with Crippen LogP contribution in [0.15, 0.2) is 0 Å². The Morgan fingerprint density at radius 1 is 1.39 bits per heavy atom. The van der Waals surface area contributed by atoms with Gasteiger partial charge in [0.1, 0.15) is 0 Å². The SMILES string of the molecule is C[C@@H](O)[C@H](NC(=O)[C@H]1CCCN1C[C@@H](N)CCCCN)C(=O)O. The molecule has 1 aliphatic rings. The van der Waals surface area contributed by atoms with E-state index in [1.54, 1.807) is 0 Å². The average molecular weight is 330 g/mol. The molecule has 1 saturated heterocycles. The Hall–Kier alpha value is -1.22. The van der Waals surface area contributed by atoms with E-state index in [2.05, 4.69) is 5.32 Å². The largest absolute Gasteiger partial charge is 0.480 e. The highest BCUT2D eigenvalue weighted by atomic mass is 16.4. The van der Waals surface area contributed by atoms with Gasteiger partial charge in [-0.2, -0.15) is 0 Å². The molecule has 0 aromatic carbocycles. The number of hydrogen-bond donors (Lipinski definition) is 5. The smallest absolute Gasteiger partial charge is 0.328 e. The number of nitrogens with zero attached hydrogens (tertiary/aromatic N) is 1. The summed E-state index contributed by atoms with van der Waals surface area (Å²) in [5.74, 6) is -1.60. The molecular weight excluding hydrogens is 300 g/mol. The Bertz CT molecular complexity index is 392. The fraction of sp³-hybridized carbons (Fsp3) is 0.867. The number of aliphatic carboxylic acids is 1. The lowest BCUT2D eigenvalue weighted by Gasteiger charge is -2.28. The van der Waals surface area contributed by atoms with Crippen LogP contribution in [0.1, 0.15) is 39.0 Å². The van der Waals surface area contributed by atoms with Crippen molar-refractivity contribution in [1.29, 1.82) is 0 Å². The molecule has 1 aliphatic heterocycles. The molecule has 0 aliphatic carbocycles. The number of nitrogens with two attached hydrogens (primary N) is 2. The van der Waals surface area contributed by atoms with Gasteiger partial charge in [0.25, 0.3) is 0 Å². The molecular formula is C15H30N4O4. The van der Waals surface area contributed by atoms with Gasteiger partial charge < -0.3 is 27.0 Å². The maximum Gasteiger partial charge on any atom is 0.328 e. The topological polar surface area (TPSA) is 142 Å². The van der Waals surface area contributed by atoms with Gasteiger partial charge in [0.05, 0.1) is 12.1 Å². The third-order valence-electron chi connectivity index (χ3n) is 4.21. The van der Waals surface area contributed by atoms with Crippen LogP contribution in [0.5, 0.6) is 0 Å². The molecule has 0 aromatic heterocycles. The standard InChI is InChI=1S/C15H30N4O4/c1-10(20)13(15(22)23)18-14(21)12-6-4-8-19(12)9-11(17)5-2-3-7-16/h10-13,20H,2-9,16-17H2,1H3,(H,18,21)(H,22,23)/t10-,11+,12-,13+/m1/s1. The summed E-state index contributed by atoms with van der Waals surface area (Å²) in [4.78, 5) is 25.4. The molecule has 0 aromatic rings. The van der Waals surface area contributed by atoms with Gasteiger partial charge >= 0.3 is 5.97 Å². The van der Waals surface area contributed by atoms with Crippen molar-refractivity contribution in [2.75, 3.05) is 19.6 Å². The van der Waals surface area contributed by atoms with E-state index < -0.39 is 18.1 Å². The third-order valence-corrected chi connectivity index (χ3v) is 4.21. The summed E-state index contributed by atoms with van der Waals surface area (Å²) in [6.07, 6.45) is 3.16. The van der Waals surface area contributed by atoms with Crippen LogP contribution < -0.4 is 16.8 Å². The zero-order valence-electron chi connectivity index (χ0n) is 13.8. The second-order valence-electron chi connectivity index (χ2n) is 6.26. The molecule has 0 saturated carbocycles. The van der Waals surface area contributed by atoms with Gasteiger partial charge in [0, 0.05) is 12.6 Å². The van der Waals surface area contributed by atoms with Crippen LogP contribution in [0.4, 0.5) is 0 Å². The van der Waals surface area contributed by atoms with Crippen LogP contribution in [-0.4, -0.2) is 70.9 Å². The van der Waals surface area contributed by atoms with Gasteiger partial charge in [-0.25, -0.2) is 4.79 Å². The number of carbonyl (C=O) groups is 2. The highest BCUT2D eigenvalue weighted by Crippen LogP contribution is 2.18. The summed E-state index contributed by atoms with van der Waals surface area (Å²) >= 11 is 0. The molecule has 1 fully saturated rings. The molecule has 4 atom stereocenters. The highest BCUT2D eigenvalue weighted by molar-refractivity contribution is 5.87. The molecule has 0 unspecified atom stereocenters. The van der Waals surface area contributed by atoms with Crippen molar-refractivity contribution in [3.8, 4) is 0 Å². The maximum absolute atomic E-state index is 12.3. The van der Waals surface area contributed by atoms with Crippen molar-refractivity contribution in [3.05, 3.63) is 0 Å². The van der Waals surface area contributed by atoms with Crippen molar-refractivity contribution in [3.63, 3.8) is 0 Å². The zero-order chi connectivity index (χ0) is 17.4. The minimum Gasteiger partial charge on any atom is -0.480 e. The number of aliphatic hydroxyl groups excluding tert-OH is 1. The average Bonchev–Trinajstić information content (AvgIpc) is 2.92. The van der Waals surface area contributed by atoms with E-state index in [9.17, 15) is 14.7 Å². The molecule has 1 amide bonds. The normalized spacial score (nSPS) is 22.5. The zero-order valence-corrected chi connectivity index (χ0v) is 13.8. The first-order chi connectivity index (χ1) is 10.9. The Morgan fingerprint density at radius 3 is 2.65 bits per heavy atom. The van der Waals surface area contributed by atoms with Crippen LogP contribution in [0.3, 0.4) is 0 Å². The molecule has 0 radical (unpaired) electrons. The molecule has 0 spiro atoms. The predicted molar refractivity (Wildman–Crippen MR) is 86.7 cm³/mol. The van der Waals surface area contributed by atoms with Crippen molar-refractivity contribution in [2.24, 2.45) is 11.5 Å². The van der Waals surface area contributed by atoms with E-state index in [4.69, 9.17) is 16.6 Å². The number of likely N-dealkylation sites (tertiary alicyclic amines) is 1.